The van der Waals surface area contributed by atoms with E-state index in [1.807, 2.05) is 6.07 Å². The van der Waals surface area contributed by atoms with Gasteiger partial charge in [-0.3, -0.25) is 10.6 Å². The average Bonchev–Trinajstić information content (AvgIpc) is 2.45. The molecule has 0 atom stereocenters. The van der Waals surface area contributed by atoms with Crippen molar-refractivity contribution < 1.29 is 25.5 Å². The molecule has 0 radical (unpaired) electrons. The first-order valence-corrected chi connectivity index (χ1v) is 7.44. The minimum atomic E-state index is -1.53. The van der Waals surface area contributed by atoms with E-state index in [1.54, 1.807) is 12.1 Å². The van der Waals surface area contributed by atoms with Crippen LogP contribution in [0.2, 0.25) is 0 Å². The number of benzene rings is 1. The molecule has 126 valence electrons. The lowest BCUT2D eigenvalue weighted by molar-refractivity contribution is -0.0463. The normalized spacial score (nSPS) is 11.8. The molecule has 0 aliphatic carbocycles. The Hall–Kier alpha value is -1.22. The average molecular weight is 314 g/mol. The fraction of sp³-hybridized carbons (Fsp3) is 0.600. The zero-order valence-corrected chi connectivity index (χ0v) is 12.7. The third-order valence-corrected chi connectivity index (χ3v) is 3.25. The molecule has 0 bridgehead atoms. The monoisotopic (exact) mass is 314 g/mol. The van der Waals surface area contributed by atoms with E-state index in [-0.39, 0.29) is 18.8 Å². The molecular weight excluding hydrogens is 288 g/mol. The quantitative estimate of drug-likeness (QED) is 0.291. The molecule has 7 nitrogen and oxygen atoms in total. The highest BCUT2D eigenvalue weighted by molar-refractivity contribution is 5.37. The van der Waals surface area contributed by atoms with E-state index in [2.05, 4.69) is 17.6 Å². The fourth-order valence-electron chi connectivity index (χ4n) is 2.18. The molecule has 0 unspecified atom stereocenters. The first-order chi connectivity index (χ1) is 10.4. The summed E-state index contributed by atoms with van der Waals surface area (Å²) in [5.41, 5.74) is 1.75. The summed E-state index contributed by atoms with van der Waals surface area (Å²) in [4.78, 5) is 0. The predicted molar refractivity (Wildman–Crippen MR) is 81.9 cm³/mol. The van der Waals surface area contributed by atoms with E-state index >= 15 is 0 Å². The van der Waals surface area contributed by atoms with Gasteiger partial charge in [-0.1, -0.05) is 19.4 Å². The summed E-state index contributed by atoms with van der Waals surface area (Å²) in [5.74, 6) is 0.0953. The van der Waals surface area contributed by atoms with Crippen LogP contribution < -0.4 is 10.6 Å². The third kappa shape index (κ3) is 6.69. The molecule has 7 heteroatoms. The van der Waals surface area contributed by atoms with E-state index in [1.165, 1.54) is 0 Å². The van der Waals surface area contributed by atoms with E-state index in [0.717, 1.165) is 30.4 Å². The summed E-state index contributed by atoms with van der Waals surface area (Å²) < 4.78 is 0. The SMILES string of the molecule is CCCCc1ccc(O)cc1C(NCC(O)O)NCC(O)O. The highest BCUT2D eigenvalue weighted by Gasteiger charge is 2.17. The number of aryl methyl sites for hydroxylation is 1. The van der Waals surface area contributed by atoms with Crippen LogP contribution in [0.1, 0.15) is 37.1 Å². The second-order valence-corrected chi connectivity index (χ2v) is 5.20. The molecule has 1 aromatic carbocycles. The summed E-state index contributed by atoms with van der Waals surface area (Å²) in [6.45, 7) is 1.89. The number of phenolic OH excluding ortho intramolecular Hbond substituents is 1. The Morgan fingerprint density at radius 3 is 2.09 bits per heavy atom. The topological polar surface area (TPSA) is 125 Å². The van der Waals surface area contributed by atoms with E-state index < -0.39 is 18.7 Å². The van der Waals surface area contributed by atoms with Crippen molar-refractivity contribution in [3.63, 3.8) is 0 Å². The maximum absolute atomic E-state index is 9.71. The molecule has 0 spiro atoms. The number of unbranched alkanes of at least 4 members (excludes halogenated alkanes) is 1. The standard InChI is InChI=1S/C15H26N2O5/c1-2-3-4-10-5-6-11(18)7-12(10)15(16-8-13(19)20)17-9-14(21)22/h5-7,13-22H,2-4,8-9H2,1H3. The molecule has 0 fully saturated rings. The van der Waals surface area contributed by atoms with Gasteiger partial charge >= 0.3 is 0 Å². The number of hydrogen-bond donors (Lipinski definition) is 7. The van der Waals surface area contributed by atoms with Gasteiger partial charge < -0.3 is 25.5 Å². The number of rotatable bonds is 10. The smallest absolute Gasteiger partial charge is 0.164 e. The number of nitrogens with one attached hydrogen (secondary N) is 2. The summed E-state index contributed by atoms with van der Waals surface area (Å²) >= 11 is 0. The highest BCUT2D eigenvalue weighted by Crippen LogP contribution is 2.23. The van der Waals surface area contributed by atoms with Crippen molar-refractivity contribution in [2.24, 2.45) is 0 Å². The molecule has 0 saturated carbocycles. The molecule has 1 aromatic rings. The lowest BCUT2D eigenvalue weighted by atomic mass is 9.99. The van der Waals surface area contributed by atoms with E-state index in [4.69, 9.17) is 20.4 Å². The minimum Gasteiger partial charge on any atom is -0.508 e. The lowest BCUT2D eigenvalue weighted by Crippen LogP contribution is -2.41. The zero-order chi connectivity index (χ0) is 16.5. The van der Waals surface area contributed by atoms with Gasteiger partial charge in [0, 0.05) is 13.1 Å². The van der Waals surface area contributed by atoms with E-state index in [0.29, 0.717) is 0 Å². The van der Waals surface area contributed by atoms with Gasteiger partial charge in [0.25, 0.3) is 0 Å². The molecule has 0 heterocycles. The maximum atomic E-state index is 9.71. The van der Waals surface area contributed by atoms with Crippen molar-refractivity contribution in [2.45, 2.75) is 44.9 Å². The van der Waals surface area contributed by atoms with Gasteiger partial charge in [-0.25, -0.2) is 0 Å². The molecule has 0 aliphatic heterocycles. The summed E-state index contributed by atoms with van der Waals surface area (Å²) in [7, 11) is 0. The van der Waals surface area contributed by atoms with Crippen LogP contribution in [0.4, 0.5) is 0 Å². The van der Waals surface area contributed by atoms with Gasteiger partial charge in [0.15, 0.2) is 12.6 Å². The van der Waals surface area contributed by atoms with Crippen molar-refractivity contribution in [3.8, 4) is 5.75 Å². The molecular formula is C15H26N2O5. The van der Waals surface area contributed by atoms with Crippen molar-refractivity contribution in [2.75, 3.05) is 13.1 Å². The Labute approximate surface area is 130 Å². The Morgan fingerprint density at radius 1 is 1.00 bits per heavy atom. The van der Waals surface area contributed by atoms with Crippen LogP contribution in [0.25, 0.3) is 0 Å². The molecule has 0 amide bonds. The molecule has 0 aromatic heterocycles. The number of aromatic hydroxyl groups is 1. The van der Waals surface area contributed by atoms with Gasteiger partial charge in [-0.2, -0.15) is 0 Å². The minimum absolute atomic E-state index is 0.0952. The van der Waals surface area contributed by atoms with Gasteiger partial charge in [-0.05, 0) is 36.1 Å². The largest absolute Gasteiger partial charge is 0.508 e. The first kappa shape index (κ1) is 18.8. The van der Waals surface area contributed by atoms with Crippen molar-refractivity contribution in [1.82, 2.24) is 10.6 Å². The number of aliphatic hydroxyl groups excluding tert-OH is 2. The lowest BCUT2D eigenvalue weighted by Gasteiger charge is -2.24. The van der Waals surface area contributed by atoms with Crippen molar-refractivity contribution in [1.29, 1.82) is 0 Å². The number of phenols is 1. The van der Waals surface area contributed by atoms with Gasteiger partial charge in [0.05, 0.1) is 6.17 Å². The number of hydrogen-bond acceptors (Lipinski definition) is 7. The van der Waals surface area contributed by atoms with Crippen LogP contribution in [0.3, 0.4) is 0 Å². The summed E-state index contributed by atoms with van der Waals surface area (Å²) in [6.07, 6.45) is -0.774. The van der Waals surface area contributed by atoms with E-state index in [9.17, 15) is 5.11 Å². The molecule has 0 aliphatic rings. The zero-order valence-electron chi connectivity index (χ0n) is 12.7. The second-order valence-electron chi connectivity index (χ2n) is 5.20. The summed E-state index contributed by atoms with van der Waals surface area (Å²) in [5, 5.41) is 51.5. The van der Waals surface area contributed by atoms with Crippen molar-refractivity contribution in [3.05, 3.63) is 29.3 Å². The van der Waals surface area contributed by atoms with Crippen LogP contribution in [-0.4, -0.2) is 51.2 Å². The maximum Gasteiger partial charge on any atom is 0.164 e. The molecule has 0 saturated heterocycles. The van der Waals surface area contributed by atoms with Crippen molar-refractivity contribution >= 4 is 0 Å². The Kier molecular flexibility index (Phi) is 8.32. The predicted octanol–water partition coefficient (Wildman–Crippen LogP) is -0.466. The number of aliphatic hydroxyl groups is 4. The van der Waals surface area contributed by atoms with Crippen LogP contribution in [0.5, 0.6) is 5.75 Å². The van der Waals surface area contributed by atoms with Gasteiger partial charge in [-0.15, -0.1) is 0 Å². The summed E-state index contributed by atoms with van der Waals surface area (Å²) in [6, 6.07) is 5.01. The van der Waals surface area contributed by atoms with Crippen LogP contribution in [0.15, 0.2) is 18.2 Å². The second kappa shape index (κ2) is 9.73. The first-order valence-electron chi connectivity index (χ1n) is 7.44. The van der Waals surface area contributed by atoms with Crippen LogP contribution in [-0.2, 0) is 6.42 Å². The molecule has 1 rings (SSSR count). The Bertz CT molecular complexity index is 428. The highest BCUT2D eigenvalue weighted by atomic mass is 16.5. The Morgan fingerprint density at radius 2 is 1.59 bits per heavy atom. The Balaban J connectivity index is 2.95. The molecule has 22 heavy (non-hydrogen) atoms. The van der Waals surface area contributed by atoms with Gasteiger partial charge in [0.2, 0.25) is 0 Å². The third-order valence-electron chi connectivity index (χ3n) is 3.25. The van der Waals surface area contributed by atoms with Crippen LogP contribution in [0, 0.1) is 0 Å². The fourth-order valence-corrected chi connectivity index (χ4v) is 2.18. The molecule has 7 N–H and O–H groups in total. The van der Waals surface area contributed by atoms with Crippen LogP contribution >= 0.6 is 0 Å². The van der Waals surface area contributed by atoms with Gasteiger partial charge in [0.1, 0.15) is 5.75 Å².